The van der Waals surface area contributed by atoms with Crippen LogP contribution < -0.4 is 4.74 Å². The number of halogens is 1. The minimum atomic E-state index is -1.52. The molecule has 3 rings (SSSR count). The Balaban J connectivity index is 1.67. The molecule has 136 valence electrons. The molecule has 2 aliphatic heterocycles. The van der Waals surface area contributed by atoms with Crippen LogP contribution in [0.4, 0.5) is 4.39 Å². The first kappa shape index (κ1) is 17.7. The van der Waals surface area contributed by atoms with Crippen molar-refractivity contribution < 1.29 is 28.6 Å². The second-order valence-electron chi connectivity index (χ2n) is 6.51. The van der Waals surface area contributed by atoms with Gasteiger partial charge in [0.2, 0.25) is 5.60 Å². The topological polar surface area (TPSA) is 76.1 Å². The van der Waals surface area contributed by atoms with E-state index in [4.69, 9.17) is 9.47 Å². The highest BCUT2D eigenvalue weighted by Crippen LogP contribution is 2.31. The minimum absolute atomic E-state index is 0.0831. The van der Waals surface area contributed by atoms with Gasteiger partial charge in [0.05, 0.1) is 0 Å². The molecule has 0 aliphatic carbocycles. The van der Waals surface area contributed by atoms with Gasteiger partial charge >= 0.3 is 5.97 Å². The second kappa shape index (κ2) is 7.39. The lowest BCUT2D eigenvalue weighted by atomic mass is 9.90. The van der Waals surface area contributed by atoms with Crippen molar-refractivity contribution in [2.24, 2.45) is 0 Å². The zero-order valence-electron chi connectivity index (χ0n) is 13.9. The maximum absolute atomic E-state index is 13.8. The van der Waals surface area contributed by atoms with Crippen LogP contribution in [0.3, 0.4) is 0 Å². The van der Waals surface area contributed by atoms with Crippen LogP contribution in [0.15, 0.2) is 24.3 Å². The van der Waals surface area contributed by atoms with E-state index in [1.165, 1.54) is 18.2 Å². The summed E-state index contributed by atoms with van der Waals surface area (Å²) < 4.78 is 24.9. The summed E-state index contributed by atoms with van der Waals surface area (Å²) in [5.74, 6) is -1.92. The second-order valence-corrected chi connectivity index (χ2v) is 6.51. The smallest absolute Gasteiger partial charge is 0.348 e. The molecule has 1 aromatic rings. The van der Waals surface area contributed by atoms with Crippen LogP contribution in [0, 0.1) is 5.82 Å². The maximum atomic E-state index is 13.8. The first-order valence-corrected chi connectivity index (χ1v) is 8.59. The number of likely N-dealkylation sites (tertiary alicyclic amines) is 1. The number of carbonyl (C=O) groups is 2. The highest BCUT2D eigenvalue weighted by Gasteiger charge is 2.46. The quantitative estimate of drug-likeness (QED) is 0.900. The monoisotopic (exact) mass is 351 g/mol. The number of hydrogen-bond acceptors (Lipinski definition) is 4. The van der Waals surface area contributed by atoms with Crippen molar-refractivity contribution in [3.63, 3.8) is 0 Å². The third-order valence-corrected chi connectivity index (χ3v) is 4.87. The van der Waals surface area contributed by atoms with Gasteiger partial charge in [-0.15, -0.1) is 0 Å². The molecule has 7 heteroatoms. The van der Waals surface area contributed by atoms with Crippen molar-refractivity contribution in [2.75, 3.05) is 19.7 Å². The molecule has 1 unspecified atom stereocenters. The molecule has 2 heterocycles. The number of amides is 1. The molecule has 2 aliphatic rings. The molecule has 1 atom stereocenters. The van der Waals surface area contributed by atoms with Crippen LogP contribution in [0.1, 0.15) is 32.1 Å². The van der Waals surface area contributed by atoms with Crippen molar-refractivity contribution >= 4 is 11.9 Å². The molecule has 0 bridgehead atoms. The van der Waals surface area contributed by atoms with Gasteiger partial charge in [-0.2, -0.15) is 0 Å². The Hall–Kier alpha value is -2.15. The highest BCUT2D eigenvalue weighted by molar-refractivity contribution is 5.82. The SMILES string of the molecule is O=C(C1CCCCO1)N1CCC(Oc2ccccc2F)(C(=O)O)CC1. The average Bonchev–Trinajstić information content (AvgIpc) is 2.64. The fourth-order valence-electron chi connectivity index (χ4n) is 3.32. The summed E-state index contributed by atoms with van der Waals surface area (Å²) in [6.07, 6.45) is 2.40. The van der Waals surface area contributed by atoms with Gasteiger partial charge in [0, 0.05) is 32.5 Å². The van der Waals surface area contributed by atoms with Crippen molar-refractivity contribution in [1.29, 1.82) is 0 Å². The van der Waals surface area contributed by atoms with Gasteiger partial charge in [-0.1, -0.05) is 12.1 Å². The number of carbonyl (C=O) groups excluding carboxylic acids is 1. The molecule has 1 aromatic carbocycles. The van der Waals surface area contributed by atoms with E-state index in [0.717, 1.165) is 12.8 Å². The van der Waals surface area contributed by atoms with E-state index in [0.29, 0.717) is 13.0 Å². The van der Waals surface area contributed by atoms with E-state index in [1.807, 2.05) is 0 Å². The lowest BCUT2D eigenvalue weighted by Gasteiger charge is -2.40. The zero-order valence-corrected chi connectivity index (χ0v) is 13.9. The summed E-state index contributed by atoms with van der Waals surface area (Å²) >= 11 is 0. The van der Waals surface area contributed by atoms with E-state index in [9.17, 15) is 19.1 Å². The number of ether oxygens (including phenoxy) is 2. The predicted molar refractivity (Wildman–Crippen MR) is 86.8 cm³/mol. The molecule has 25 heavy (non-hydrogen) atoms. The largest absolute Gasteiger partial charge is 0.478 e. The van der Waals surface area contributed by atoms with E-state index in [2.05, 4.69) is 0 Å². The molecule has 2 saturated heterocycles. The third kappa shape index (κ3) is 3.76. The number of hydrogen-bond donors (Lipinski definition) is 1. The van der Waals surface area contributed by atoms with Gasteiger partial charge in [-0.25, -0.2) is 9.18 Å². The molecule has 0 saturated carbocycles. The number of piperidine rings is 1. The summed E-state index contributed by atoms with van der Waals surface area (Å²) in [7, 11) is 0. The van der Waals surface area contributed by atoms with Crippen LogP contribution in [0.2, 0.25) is 0 Å². The Labute approximate surface area is 145 Å². The molecule has 2 fully saturated rings. The van der Waals surface area contributed by atoms with E-state index in [-0.39, 0.29) is 37.6 Å². The summed E-state index contributed by atoms with van der Waals surface area (Å²) in [5, 5.41) is 9.64. The number of benzene rings is 1. The normalized spacial score (nSPS) is 23.1. The van der Waals surface area contributed by atoms with Crippen LogP contribution in [-0.4, -0.2) is 53.3 Å². The molecule has 0 aromatic heterocycles. The van der Waals surface area contributed by atoms with E-state index < -0.39 is 23.5 Å². The predicted octanol–water partition coefficient (Wildman–Crippen LogP) is 2.22. The van der Waals surface area contributed by atoms with Crippen molar-refractivity contribution in [3.05, 3.63) is 30.1 Å². The van der Waals surface area contributed by atoms with Gasteiger partial charge in [-0.05, 0) is 31.4 Å². The number of aliphatic carboxylic acids is 1. The number of carboxylic acid groups (broad SMARTS) is 1. The van der Waals surface area contributed by atoms with Crippen LogP contribution >= 0.6 is 0 Å². The molecular weight excluding hydrogens is 329 g/mol. The first-order valence-electron chi connectivity index (χ1n) is 8.59. The van der Waals surface area contributed by atoms with E-state index in [1.54, 1.807) is 11.0 Å². The van der Waals surface area contributed by atoms with E-state index >= 15 is 0 Å². The van der Waals surface area contributed by atoms with Gasteiger partial charge < -0.3 is 19.5 Å². The summed E-state index contributed by atoms with van der Waals surface area (Å²) in [6.45, 7) is 1.08. The lowest BCUT2D eigenvalue weighted by Crippen LogP contribution is -2.56. The Morgan fingerprint density at radius 3 is 2.56 bits per heavy atom. The molecule has 1 amide bonds. The third-order valence-electron chi connectivity index (χ3n) is 4.87. The molecule has 0 spiro atoms. The molecule has 0 radical (unpaired) electrons. The van der Waals surface area contributed by atoms with Gasteiger partial charge in [0.25, 0.3) is 5.91 Å². The van der Waals surface area contributed by atoms with Crippen LogP contribution in [-0.2, 0) is 14.3 Å². The summed E-state index contributed by atoms with van der Waals surface area (Å²) in [4.78, 5) is 25.9. The highest BCUT2D eigenvalue weighted by atomic mass is 19.1. The standard InChI is InChI=1S/C18H22FNO5/c19-13-5-1-2-6-14(13)25-18(17(22)23)8-10-20(11-9-18)16(21)15-7-3-4-12-24-15/h1-2,5-6,15H,3-4,7-12H2,(H,22,23). The summed E-state index contributed by atoms with van der Waals surface area (Å²) in [6, 6.07) is 5.74. The van der Waals surface area contributed by atoms with Gasteiger partial charge in [-0.3, -0.25) is 4.79 Å². The maximum Gasteiger partial charge on any atom is 0.348 e. The molecular formula is C18H22FNO5. The number of rotatable bonds is 4. The van der Waals surface area contributed by atoms with Crippen molar-refractivity contribution in [3.8, 4) is 5.75 Å². The van der Waals surface area contributed by atoms with Crippen molar-refractivity contribution in [2.45, 2.75) is 43.8 Å². The zero-order chi connectivity index (χ0) is 17.9. The molecule has 6 nitrogen and oxygen atoms in total. The van der Waals surface area contributed by atoms with Crippen LogP contribution in [0.5, 0.6) is 5.75 Å². The molecule has 1 N–H and O–H groups in total. The first-order chi connectivity index (χ1) is 12.0. The number of carboxylic acids is 1. The van der Waals surface area contributed by atoms with Crippen molar-refractivity contribution in [1.82, 2.24) is 4.90 Å². The average molecular weight is 351 g/mol. The Morgan fingerprint density at radius 2 is 1.96 bits per heavy atom. The summed E-state index contributed by atoms with van der Waals surface area (Å²) in [5.41, 5.74) is -1.52. The fourth-order valence-corrected chi connectivity index (χ4v) is 3.32. The number of para-hydroxylation sites is 1. The Kier molecular flexibility index (Phi) is 5.22. The lowest BCUT2D eigenvalue weighted by molar-refractivity contribution is -0.164. The fraction of sp³-hybridized carbons (Fsp3) is 0.556. The van der Waals surface area contributed by atoms with Gasteiger partial charge in [0.1, 0.15) is 6.10 Å². The van der Waals surface area contributed by atoms with Crippen LogP contribution in [0.25, 0.3) is 0 Å². The Bertz CT molecular complexity index is 636. The minimum Gasteiger partial charge on any atom is -0.478 e. The Morgan fingerprint density at radius 1 is 1.24 bits per heavy atom. The number of nitrogens with zero attached hydrogens (tertiary/aromatic N) is 1. The van der Waals surface area contributed by atoms with Gasteiger partial charge in [0.15, 0.2) is 11.6 Å².